The molecule has 3 rings (SSSR count). The molecule has 0 saturated heterocycles. The lowest BCUT2D eigenvalue weighted by Crippen LogP contribution is -2.18. The van der Waals surface area contributed by atoms with E-state index in [9.17, 15) is 0 Å². The summed E-state index contributed by atoms with van der Waals surface area (Å²) in [5.74, 6) is 2.40. The van der Waals surface area contributed by atoms with Gasteiger partial charge in [-0.25, -0.2) is 19.9 Å². The third-order valence-corrected chi connectivity index (χ3v) is 3.91. The van der Waals surface area contributed by atoms with E-state index in [0.29, 0.717) is 34.3 Å². The molecular formula is C19H21N5O2. The minimum atomic E-state index is 0.138. The van der Waals surface area contributed by atoms with Gasteiger partial charge in [-0.2, -0.15) is 0 Å². The van der Waals surface area contributed by atoms with Crippen LogP contribution in [0.3, 0.4) is 0 Å². The molecule has 0 radical (unpaired) electrons. The van der Waals surface area contributed by atoms with Gasteiger partial charge in [0.05, 0.1) is 26.1 Å². The Kier molecular flexibility index (Phi) is 4.97. The zero-order valence-electron chi connectivity index (χ0n) is 15.2. The summed E-state index contributed by atoms with van der Waals surface area (Å²) < 4.78 is 10.6. The summed E-state index contributed by atoms with van der Waals surface area (Å²) in [4.78, 5) is 17.7. The van der Waals surface area contributed by atoms with Gasteiger partial charge < -0.3 is 15.2 Å². The Morgan fingerprint density at radius 2 is 1.81 bits per heavy atom. The number of aliphatic imine (C=N–C) groups is 1. The molecule has 0 amide bonds. The average molecular weight is 351 g/mol. The number of methoxy groups -OCH3 is 2. The molecule has 0 atom stereocenters. The standard InChI is InChI=1S/C19H21N5O2/c1-11(2)18(20)23-17-10-21-14-7-6-13(22-19(14)24-17)12-5-8-15(25-3)16(9-12)26-4/h5-11H,1-4H3,(H2,20,22,23,24). The molecule has 0 spiro atoms. The van der Waals surface area contributed by atoms with E-state index >= 15 is 0 Å². The van der Waals surface area contributed by atoms with Crippen molar-refractivity contribution in [3.8, 4) is 22.8 Å². The lowest BCUT2D eigenvalue weighted by Gasteiger charge is -2.09. The Bertz CT molecular complexity index is 969. The smallest absolute Gasteiger partial charge is 0.180 e. The SMILES string of the molecule is COc1ccc(-c2ccc3ncc(N=C(N)C(C)C)nc3n2)cc1OC. The highest BCUT2D eigenvalue weighted by molar-refractivity contribution is 5.85. The van der Waals surface area contributed by atoms with E-state index in [-0.39, 0.29) is 5.92 Å². The molecule has 0 bridgehead atoms. The summed E-state index contributed by atoms with van der Waals surface area (Å²) >= 11 is 0. The van der Waals surface area contributed by atoms with Gasteiger partial charge >= 0.3 is 0 Å². The zero-order chi connectivity index (χ0) is 18.7. The number of pyridine rings is 1. The average Bonchev–Trinajstić information content (AvgIpc) is 2.66. The Morgan fingerprint density at radius 3 is 2.50 bits per heavy atom. The Morgan fingerprint density at radius 1 is 1.04 bits per heavy atom. The summed E-state index contributed by atoms with van der Waals surface area (Å²) in [7, 11) is 3.20. The van der Waals surface area contributed by atoms with Gasteiger partial charge in [0.1, 0.15) is 11.4 Å². The van der Waals surface area contributed by atoms with E-state index < -0.39 is 0 Å². The molecule has 0 aliphatic carbocycles. The van der Waals surface area contributed by atoms with Crippen LogP contribution in [0.25, 0.3) is 22.4 Å². The minimum Gasteiger partial charge on any atom is -0.493 e. The molecule has 2 aromatic heterocycles. The van der Waals surface area contributed by atoms with Crippen molar-refractivity contribution in [2.24, 2.45) is 16.6 Å². The van der Waals surface area contributed by atoms with E-state index in [1.54, 1.807) is 20.4 Å². The van der Waals surface area contributed by atoms with Crippen molar-refractivity contribution in [3.05, 3.63) is 36.5 Å². The molecule has 3 aromatic rings. The number of rotatable bonds is 5. The molecule has 0 aliphatic heterocycles. The molecule has 0 aliphatic rings. The quantitative estimate of drug-likeness (QED) is 0.559. The number of benzene rings is 1. The highest BCUT2D eigenvalue weighted by Gasteiger charge is 2.09. The predicted molar refractivity (Wildman–Crippen MR) is 102 cm³/mol. The van der Waals surface area contributed by atoms with Gasteiger partial charge in [0.2, 0.25) is 0 Å². The number of nitrogens with zero attached hydrogens (tertiary/aromatic N) is 4. The van der Waals surface area contributed by atoms with Crippen LogP contribution in [0.1, 0.15) is 13.8 Å². The van der Waals surface area contributed by atoms with Crippen molar-refractivity contribution < 1.29 is 9.47 Å². The molecule has 26 heavy (non-hydrogen) atoms. The second-order valence-corrected chi connectivity index (χ2v) is 6.03. The van der Waals surface area contributed by atoms with E-state index in [4.69, 9.17) is 15.2 Å². The van der Waals surface area contributed by atoms with Gasteiger partial charge in [-0.1, -0.05) is 13.8 Å². The topological polar surface area (TPSA) is 95.5 Å². The van der Waals surface area contributed by atoms with Gasteiger partial charge in [-0.15, -0.1) is 0 Å². The molecule has 0 fully saturated rings. The Balaban J connectivity index is 2.04. The molecule has 1 aromatic carbocycles. The number of fused-ring (bicyclic) bond motifs is 1. The number of aromatic nitrogens is 3. The van der Waals surface area contributed by atoms with Gasteiger partial charge in [0.15, 0.2) is 23.0 Å². The van der Waals surface area contributed by atoms with Crippen LogP contribution in [0, 0.1) is 5.92 Å². The van der Waals surface area contributed by atoms with Crippen LogP contribution in [-0.4, -0.2) is 35.0 Å². The minimum absolute atomic E-state index is 0.138. The van der Waals surface area contributed by atoms with Crippen molar-refractivity contribution in [3.63, 3.8) is 0 Å². The highest BCUT2D eigenvalue weighted by atomic mass is 16.5. The molecule has 2 N–H and O–H groups in total. The van der Waals surface area contributed by atoms with Crippen LogP contribution in [0.4, 0.5) is 5.82 Å². The molecule has 7 heteroatoms. The van der Waals surface area contributed by atoms with E-state index in [0.717, 1.165) is 11.3 Å². The van der Waals surface area contributed by atoms with Crippen LogP contribution in [-0.2, 0) is 0 Å². The van der Waals surface area contributed by atoms with E-state index in [2.05, 4.69) is 19.9 Å². The molecule has 2 heterocycles. The summed E-state index contributed by atoms with van der Waals surface area (Å²) in [6.45, 7) is 3.95. The first-order chi connectivity index (χ1) is 12.5. The fourth-order valence-electron chi connectivity index (χ4n) is 2.36. The predicted octanol–water partition coefficient (Wildman–Crippen LogP) is 3.35. The summed E-state index contributed by atoms with van der Waals surface area (Å²) in [5.41, 5.74) is 8.76. The zero-order valence-corrected chi connectivity index (χ0v) is 15.2. The first-order valence-corrected chi connectivity index (χ1v) is 8.22. The second kappa shape index (κ2) is 7.35. The van der Waals surface area contributed by atoms with Gasteiger partial charge in [-0.05, 0) is 30.3 Å². The third-order valence-electron chi connectivity index (χ3n) is 3.91. The van der Waals surface area contributed by atoms with Crippen molar-refractivity contribution in [1.82, 2.24) is 15.0 Å². The summed E-state index contributed by atoms with van der Waals surface area (Å²) in [6, 6.07) is 9.40. The van der Waals surface area contributed by atoms with Crippen LogP contribution in [0.15, 0.2) is 41.5 Å². The second-order valence-electron chi connectivity index (χ2n) is 6.03. The maximum Gasteiger partial charge on any atom is 0.180 e. The van der Waals surface area contributed by atoms with Gasteiger partial charge in [0, 0.05) is 11.5 Å². The monoisotopic (exact) mass is 351 g/mol. The third kappa shape index (κ3) is 3.56. The normalized spacial score (nSPS) is 11.8. The van der Waals surface area contributed by atoms with Crippen molar-refractivity contribution in [2.75, 3.05) is 14.2 Å². The molecular weight excluding hydrogens is 330 g/mol. The molecule has 134 valence electrons. The Hall–Kier alpha value is -3.22. The van der Waals surface area contributed by atoms with Crippen molar-refractivity contribution in [2.45, 2.75) is 13.8 Å². The molecule has 7 nitrogen and oxygen atoms in total. The largest absolute Gasteiger partial charge is 0.493 e. The van der Waals surface area contributed by atoms with E-state index in [1.807, 2.05) is 44.2 Å². The fourth-order valence-corrected chi connectivity index (χ4v) is 2.36. The van der Waals surface area contributed by atoms with Crippen molar-refractivity contribution in [1.29, 1.82) is 0 Å². The first kappa shape index (κ1) is 17.6. The maximum absolute atomic E-state index is 5.91. The number of amidine groups is 1. The van der Waals surface area contributed by atoms with Crippen LogP contribution < -0.4 is 15.2 Å². The molecule has 0 saturated carbocycles. The highest BCUT2D eigenvalue weighted by Crippen LogP contribution is 2.32. The lowest BCUT2D eigenvalue weighted by molar-refractivity contribution is 0.355. The van der Waals surface area contributed by atoms with Crippen LogP contribution in [0.2, 0.25) is 0 Å². The number of nitrogens with two attached hydrogens (primary N) is 1. The first-order valence-electron chi connectivity index (χ1n) is 8.22. The van der Waals surface area contributed by atoms with Crippen molar-refractivity contribution >= 4 is 22.8 Å². The van der Waals surface area contributed by atoms with Gasteiger partial charge in [-0.3, -0.25) is 0 Å². The number of hydrogen-bond acceptors (Lipinski definition) is 6. The van der Waals surface area contributed by atoms with E-state index in [1.165, 1.54) is 0 Å². The Labute approximate surface area is 151 Å². The number of ether oxygens (including phenoxy) is 2. The fraction of sp³-hybridized carbons (Fsp3) is 0.263. The summed E-state index contributed by atoms with van der Waals surface area (Å²) in [6.07, 6.45) is 1.59. The molecule has 0 unspecified atom stereocenters. The van der Waals surface area contributed by atoms with Crippen LogP contribution >= 0.6 is 0 Å². The summed E-state index contributed by atoms with van der Waals surface area (Å²) in [5, 5.41) is 0. The number of hydrogen-bond donors (Lipinski definition) is 1. The lowest BCUT2D eigenvalue weighted by atomic mass is 10.1. The van der Waals surface area contributed by atoms with Gasteiger partial charge in [0.25, 0.3) is 0 Å². The van der Waals surface area contributed by atoms with Crippen LogP contribution in [0.5, 0.6) is 11.5 Å². The maximum atomic E-state index is 5.91.